The van der Waals surface area contributed by atoms with E-state index in [2.05, 4.69) is 5.32 Å². The molecule has 0 spiro atoms. The van der Waals surface area contributed by atoms with Crippen molar-refractivity contribution in [1.82, 2.24) is 10.4 Å². The molecule has 7 nitrogen and oxygen atoms in total. The van der Waals surface area contributed by atoms with E-state index in [0.29, 0.717) is 18.1 Å². The lowest BCUT2D eigenvalue weighted by molar-refractivity contribution is -0.205. The van der Waals surface area contributed by atoms with E-state index in [1.165, 1.54) is 0 Å². The molecule has 0 saturated carbocycles. The van der Waals surface area contributed by atoms with E-state index in [1.807, 2.05) is 20.9 Å². The van der Waals surface area contributed by atoms with Gasteiger partial charge in [0, 0.05) is 19.4 Å². The van der Waals surface area contributed by atoms with Gasteiger partial charge in [-0.15, -0.1) is 5.06 Å². The monoisotopic (exact) mass is 328 g/mol. The number of carbonyl (C=O) groups is 3. The van der Waals surface area contributed by atoms with Gasteiger partial charge in [0.25, 0.3) is 11.8 Å². The van der Waals surface area contributed by atoms with Gasteiger partial charge in [-0.25, -0.2) is 4.79 Å². The minimum absolute atomic E-state index is 0.0926. The minimum atomic E-state index is -0.845. The van der Waals surface area contributed by atoms with Crippen LogP contribution < -0.4 is 5.32 Å². The number of hydrogen-bond acceptors (Lipinski definition) is 6. The van der Waals surface area contributed by atoms with Gasteiger partial charge in [-0.1, -0.05) is 0 Å². The van der Waals surface area contributed by atoms with Crippen LogP contribution in [0, 0.1) is 5.41 Å². The first-order valence-electron chi connectivity index (χ1n) is 7.96. The molecule has 1 heterocycles. The van der Waals surface area contributed by atoms with E-state index >= 15 is 0 Å². The van der Waals surface area contributed by atoms with Crippen molar-refractivity contribution in [1.29, 1.82) is 0 Å². The first-order chi connectivity index (χ1) is 10.6. The van der Waals surface area contributed by atoms with Gasteiger partial charge >= 0.3 is 5.97 Å². The summed E-state index contributed by atoms with van der Waals surface area (Å²) in [6, 6.07) is 0. The zero-order valence-corrected chi connectivity index (χ0v) is 14.7. The summed E-state index contributed by atoms with van der Waals surface area (Å²) in [5, 5.41) is 3.66. The average molecular weight is 328 g/mol. The molecule has 23 heavy (non-hydrogen) atoms. The van der Waals surface area contributed by atoms with Crippen LogP contribution in [0.3, 0.4) is 0 Å². The lowest BCUT2D eigenvalue weighted by Gasteiger charge is -2.29. The molecule has 1 aliphatic rings. The smallest absolute Gasteiger partial charge is 0.338 e. The molecule has 1 rings (SSSR count). The van der Waals surface area contributed by atoms with Gasteiger partial charge in [-0.2, -0.15) is 0 Å². The summed E-state index contributed by atoms with van der Waals surface area (Å²) in [4.78, 5) is 40.2. The molecule has 0 atom stereocenters. The van der Waals surface area contributed by atoms with E-state index in [9.17, 15) is 14.4 Å². The highest BCUT2D eigenvalue weighted by molar-refractivity contribution is 6.01. The van der Waals surface area contributed by atoms with Crippen molar-refractivity contribution in [2.75, 3.05) is 20.2 Å². The maximum atomic E-state index is 12.2. The third-order valence-electron chi connectivity index (χ3n) is 3.93. The van der Waals surface area contributed by atoms with E-state index in [1.54, 1.807) is 13.8 Å². The Labute approximate surface area is 137 Å². The van der Waals surface area contributed by atoms with Crippen LogP contribution in [0.1, 0.15) is 53.4 Å². The highest BCUT2D eigenvalue weighted by Gasteiger charge is 2.38. The van der Waals surface area contributed by atoms with Crippen LogP contribution in [0.25, 0.3) is 0 Å². The van der Waals surface area contributed by atoms with E-state index in [4.69, 9.17) is 9.57 Å². The van der Waals surface area contributed by atoms with Crippen LogP contribution in [-0.2, 0) is 24.0 Å². The highest BCUT2D eigenvalue weighted by atomic mass is 16.7. The zero-order valence-electron chi connectivity index (χ0n) is 14.7. The number of hydroxylamine groups is 2. The van der Waals surface area contributed by atoms with Gasteiger partial charge in [0.15, 0.2) is 0 Å². The van der Waals surface area contributed by atoms with Crippen LogP contribution in [-0.4, -0.2) is 48.6 Å². The largest absolute Gasteiger partial charge is 0.375 e. The number of nitrogens with zero attached hydrogens (tertiary/aromatic N) is 1. The van der Waals surface area contributed by atoms with E-state index < -0.39 is 23.2 Å². The average Bonchev–Trinajstić information content (AvgIpc) is 2.76. The first-order valence-corrected chi connectivity index (χ1v) is 7.96. The molecule has 0 aliphatic carbocycles. The molecule has 2 amide bonds. The summed E-state index contributed by atoms with van der Waals surface area (Å²) in [6.45, 7) is 8.65. The Kier molecular flexibility index (Phi) is 6.70. The molecule has 1 fully saturated rings. The van der Waals surface area contributed by atoms with Crippen LogP contribution in [0.2, 0.25) is 0 Å². The Hall–Kier alpha value is -1.47. The third kappa shape index (κ3) is 5.91. The van der Waals surface area contributed by atoms with Crippen LogP contribution in [0.15, 0.2) is 0 Å². The molecule has 7 heteroatoms. The molecular weight excluding hydrogens is 300 g/mol. The zero-order chi connectivity index (χ0) is 17.7. The van der Waals surface area contributed by atoms with Crippen molar-refractivity contribution in [2.45, 2.75) is 59.0 Å². The summed E-state index contributed by atoms with van der Waals surface area (Å²) in [5.41, 5.74) is -1.13. The molecule has 1 saturated heterocycles. The number of imide groups is 1. The number of nitrogens with one attached hydrogen (secondary N) is 1. The van der Waals surface area contributed by atoms with Crippen LogP contribution in [0.5, 0.6) is 0 Å². The second-order valence-electron chi connectivity index (χ2n) is 7.06. The second kappa shape index (κ2) is 7.88. The van der Waals surface area contributed by atoms with Crippen molar-refractivity contribution in [3.63, 3.8) is 0 Å². The summed E-state index contributed by atoms with van der Waals surface area (Å²) < 4.78 is 5.83. The quantitative estimate of drug-likeness (QED) is 0.644. The summed E-state index contributed by atoms with van der Waals surface area (Å²) in [7, 11) is 1.89. The third-order valence-corrected chi connectivity index (χ3v) is 3.93. The fraction of sp³-hybridized carbons (Fsp3) is 0.812. The number of ether oxygens (including phenoxy) is 1. The Morgan fingerprint density at radius 2 is 1.70 bits per heavy atom. The molecule has 0 radical (unpaired) electrons. The van der Waals surface area contributed by atoms with Crippen molar-refractivity contribution >= 4 is 17.8 Å². The van der Waals surface area contributed by atoms with Crippen molar-refractivity contribution in [3.05, 3.63) is 0 Å². The number of amides is 2. The Morgan fingerprint density at radius 3 is 2.22 bits per heavy atom. The predicted molar refractivity (Wildman–Crippen MR) is 84.2 cm³/mol. The van der Waals surface area contributed by atoms with Crippen LogP contribution in [0.4, 0.5) is 0 Å². The lowest BCUT2D eigenvalue weighted by atomic mass is 9.90. The molecule has 0 aromatic carbocycles. The molecule has 1 N–H and O–H groups in total. The molecule has 0 aromatic rings. The summed E-state index contributed by atoms with van der Waals surface area (Å²) in [5.74, 6) is -1.54. The summed E-state index contributed by atoms with van der Waals surface area (Å²) >= 11 is 0. The van der Waals surface area contributed by atoms with Crippen molar-refractivity contribution in [3.8, 4) is 0 Å². The molecule has 1 aliphatic heterocycles. The molecule has 0 bridgehead atoms. The molecule has 0 aromatic heterocycles. The van der Waals surface area contributed by atoms with Gasteiger partial charge < -0.3 is 14.9 Å². The fourth-order valence-electron chi connectivity index (χ4n) is 2.05. The molecular formula is C16H28N2O5. The SMILES string of the molecule is CNCCC(C)(C)OCCC(C)(C)C(=O)ON1C(=O)CCC1=O. The second-order valence-corrected chi connectivity index (χ2v) is 7.06. The number of rotatable bonds is 9. The van der Waals surface area contributed by atoms with Gasteiger partial charge in [-0.3, -0.25) is 9.59 Å². The standard InChI is InChI=1S/C16H28N2O5/c1-15(2,9-11-22-16(3,4)8-10-17-5)14(21)23-18-12(19)6-7-13(18)20/h17H,6-11H2,1-5H3. The van der Waals surface area contributed by atoms with Gasteiger partial charge in [0.2, 0.25) is 0 Å². The summed E-state index contributed by atoms with van der Waals surface area (Å²) in [6.07, 6.45) is 1.47. The topological polar surface area (TPSA) is 84.9 Å². The normalized spacial score (nSPS) is 16.1. The van der Waals surface area contributed by atoms with Crippen molar-refractivity contribution < 1.29 is 24.0 Å². The minimum Gasteiger partial charge on any atom is -0.375 e. The Balaban J connectivity index is 2.46. The Bertz CT molecular complexity index is 443. The Morgan fingerprint density at radius 1 is 1.13 bits per heavy atom. The maximum absolute atomic E-state index is 12.2. The van der Waals surface area contributed by atoms with Gasteiger partial charge in [0.05, 0.1) is 11.0 Å². The highest BCUT2D eigenvalue weighted by Crippen LogP contribution is 2.26. The van der Waals surface area contributed by atoms with E-state index in [-0.39, 0.29) is 18.4 Å². The number of carbonyl (C=O) groups excluding carboxylic acids is 3. The lowest BCUT2D eigenvalue weighted by Crippen LogP contribution is -2.39. The van der Waals surface area contributed by atoms with Gasteiger partial charge in [-0.05, 0) is 54.1 Å². The molecule has 0 unspecified atom stereocenters. The van der Waals surface area contributed by atoms with Crippen LogP contribution >= 0.6 is 0 Å². The first kappa shape index (κ1) is 19.6. The van der Waals surface area contributed by atoms with Crippen molar-refractivity contribution in [2.24, 2.45) is 5.41 Å². The van der Waals surface area contributed by atoms with Gasteiger partial charge in [0.1, 0.15) is 0 Å². The molecule has 132 valence electrons. The number of hydrogen-bond donors (Lipinski definition) is 1. The predicted octanol–water partition coefficient (Wildman–Crippen LogP) is 1.41. The maximum Gasteiger partial charge on any atom is 0.338 e. The van der Waals surface area contributed by atoms with E-state index in [0.717, 1.165) is 13.0 Å². The fourth-order valence-corrected chi connectivity index (χ4v) is 2.05.